The lowest BCUT2D eigenvalue weighted by Gasteiger charge is -2.39. The Bertz CT molecular complexity index is 827. The number of piperidine rings is 1. The number of likely N-dealkylation sites (tertiary alicyclic amines) is 1. The number of aliphatic carboxylic acids is 1. The Labute approximate surface area is 144 Å². The van der Waals surface area contributed by atoms with E-state index in [9.17, 15) is 14.7 Å². The average Bonchev–Trinajstić information content (AvgIpc) is 2.94. The Hall–Kier alpha value is -2.48. The average molecular weight is 347 g/mol. The van der Waals surface area contributed by atoms with Gasteiger partial charge in [-0.1, -0.05) is 5.16 Å². The molecule has 0 bridgehead atoms. The number of fused-ring (bicyclic) bond motifs is 1. The molecule has 1 fully saturated rings. The van der Waals surface area contributed by atoms with Crippen LogP contribution in [0.2, 0.25) is 0 Å². The molecule has 8 nitrogen and oxygen atoms in total. The fraction of sp³-hybridized carbons (Fsp3) is 0.529. The lowest BCUT2D eigenvalue weighted by Crippen LogP contribution is -2.52. The summed E-state index contributed by atoms with van der Waals surface area (Å²) in [5, 5.41) is 14.1. The Morgan fingerprint density at radius 1 is 1.44 bits per heavy atom. The highest BCUT2D eigenvalue weighted by Gasteiger charge is 2.44. The first-order chi connectivity index (χ1) is 11.9. The summed E-state index contributed by atoms with van der Waals surface area (Å²) in [7, 11) is 1.47. The number of aryl methyl sites for hydroxylation is 2. The normalized spacial score (nSPS) is 20.8. The first kappa shape index (κ1) is 17.3. The van der Waals surface area contributed by atoms with Crippen LogP contribution in [0.1, 0.15) is 34.6 Å². The molecule has 1 aliphatic rings. The van der Waals surface area contributed by atoms with Gasteiger partial charge in [-0.3, -0.25) is 9.59 Å². The molecule has 0 radical (unpaired) electrons. The molecule has 134 valence electrons. The first-order valence-corrected chi connectivity index (χ1v) is 8.13. The number of amides is 1. The lowest BCUT2D eigenvalue weighted by atomic mass is 9.80. The molecule has 3 rings (SSSR count). The summed E-state index contributed by atoms with van der Waals surface area (Å²) < 4.78 is 10.3. The molecule has 1 N–H and O–H groups in total. The van der Waals surface area contributed by atoms with Crippen molar-refractivity contribution in [2.45, 2.75) is 26.7 Å². The van der Waals surface area contributed by atoms with Crippen LogP contribution >= 0.6 is 0 Å². The second-order valence-corrected chi connectivity index (χ2v) is 6.61. The van der Waals surface area contributed by atoms with Crippen LogP contribution in [0.25, 0.3) is 11.1 Å². The number of carbonyl (C=O) groups is 2. The summed E-state index contributed by atoms with van der Waals surface area (Å²) in [5.41, 5.74) is 0.918. The van der Waals surface area contributed by atoms with Crippen molar-refractivity contribution >= 4 is 23.0 Å². The number of ether oxygens (including phenoxy) is 1. The van der Waals surface area contributed by atoms with Crippen LogP contribution < -0.4 is 0 Å². The summed E-state index contributed by atoms with van der Waals surface area (Å²) in [6, 6.07) is 1.70. The van der Waals surface area contributed by atoms with Gasteiger partial charge >= 0.3 is 5.97 Å². The van der Waals surface area contributed by atoms with Crippen LogP contribution in [0, 0.1) is 19.3 Å². The standard InChI is InChI=1S/C17H21N3O5/c1-10-7-12(13-11(2)19-25-14(13)18-10)15(21)20-6-4-5-17(8-20,9-24-3)16(22)23/h7H,4-6,8-9H2,1-3H3,(H,22,23). The van der Waals surface area contributed by atoms with E-state index >= 15 is 0 Å². The number of nitrogens with zero attached hydrogens (tertiary/aromatic N) is 3. The molecule has 0 saturated carbocycles. The number of hydrogen-bond acceptors (Lipinski definition) is 6. The molecule has 25 heavy (non-hydrogen) atoms. The molecule has 1 atom stereocenters. The molecule has 0 aromatic carbocycles. The highest BCUT2D eigenvalue weighted by atomic mass is 16.5. The first-order valence-electron chi connectivity index (χ1n) is 8.13. The van der Waals surface area contributed by atoms with Gasteiger partial charge < -0.3 is 19.3 Å². The highest BCUT2D eigenvalue weighted by molar-refractivity contribution is 6.06. The Morgan fingerprint density at radius 2 is 2.20 bits per heavy atom. The van der Waals surface area contributed by atoms with Crippen molar-refractivity contribution in [2.24, 2.45) is 5.41 Å². The van der Waals surface area contributed by atoms with Crippen LogP contribution in [0.15, 0.2) is 10.6 Å². The van der Waals surface area contributed by atoms with E-state index in [4.69, 9.17) is 9.26 Å². The SMILES string of the molecule is COCC1(C(=O)O)CCCN(C(=O)c2cc(C)nc3onc(C)c23)C1. The van der Waals surface area contributed by atoms with E-state index in [1.807, 2.05) is 0 Å². The summed E-state index contributed by atoms with van der Waals surface area (Å²) in [5.74, 6) is -1.17. The number of rotatable bonds is 4. The van der Waals surface area contributed by atoms with Crippen molar-refractivity contribution in [3.63, 3.8) is 0 Å². The van der Waals surface area contributed by atoms with E-state index < -0.39 is 11.4 Å². The molecule has 1 aliphatic heterocycles. The minimum atomic E-state index is -1.08. The second kappa shape index (κ2) is 6.44. The second-order valence-electron chi connectivity index (χ2n) is 6.61. The number of methoxy groups -OCH3 is 1. The quantitative estimate of drug-likeness (QED) is 0.898. The monoisotopic (exact) mass is 347 g/mol. The summed E-state index contributed by atoms with van der Waals surface area (Å²) in [6.07, 6.45) is 1.09. The molecular weight excluding hydrogens is 326 g/mol. The Morgan fingerprint density at radius 3 is 2.88 bits per heavy atom. The number of carbonyl (C=O) groups excluding carboxylic acids is 1. The van der Waals surface area contributed by atoms with E-state index in [1.54, 1.807) is 24.8 Å². The predicted octanol–water partition coefficient (Wildman–Crippen LogP) is 1.79. The van der Waals surface area contributed by atoms with Gasteiger partial charge in [0.2, 0.25) is 0 Å². The lowest BCUT2D eigenvalue weighted by molar-refractivity contribution is -0.155. The molecule has 8 heteroatoms. The van der Waals surface area contributed by atoms with E-state index in [2.05, 4.69) is 10.1 Å². The summed E-state index contributed by atoms with van der Waals surface area (Å²) in [4.78, 5) is 30.8. The molecule has 2 aromatic heterocycles. The molecule has 0 spiro atoms. The maximum absolute atomic E-state index is 13.1. The van der Waals surface area contributed by atoms with Crippen molar-refractivity contribution in [3.8, 4) is 0 Å². The smallest absolute Gasteiger partial charge is 0.313 e. The van der Waals surface area contributed by atoms with Crippen LogP contribution in [-0.2, 0) is 9.53 Å². The van der Waals surface area contributed by atoms with Gasteiger partial charge in [0.15, 0.2) is 0 Å². The maximum Gasteiger partial charge on any atom is 0.313 e. The number of carboxylic acid groups (broad SMARTS) is 1. The molecule has 1 saturated heterocycles. The molecular formula is C17H21N3O5. The van der Waals surface area contributed by atoms with Crippen molar-refractivity contribution in [1.82, 2.24) is 15.0 Å². The van der Waals surface area contributed by atoms with Gasteiger partial charge in [0.05, 0.1) is 23.3 Å². The molecule has 3 heterocycles. The van der Waals surface area contributed by atoms with Gasteiger partial charge in [-0.25, -0.2) is 4.98 Å². The fourth-order valence-electron chi connectivity index (χ4n) is 3.49. The van der Waals surface area contributed by atoms with Gasteiger partial charge in [-0.05, 0) is 32.8 Å². The minimum absolute atomic E-state index is 0.0726. The minimum Gasteiger partial charge on any atom is -0.481 e. The molecule has 1 amide bonds. The Balaban J connectivity index is 1.98. The largest absolute Gasteiger partial charge is 0.481 e. The van der Waals surface area contributed by atoms with Gasteiger partial charge in [-0.15, -0.1) is 0 Å². The van der Waals surface area contributed by atoms with Gasteiger partial charge in [0, 0.05) is 25.9 Å². The van der Waals surface area contributed by atoms with Crippen molar-refractivity contribution in [2.75, 3.05) is 26.8 Å². The van der Waals surface area contributed by atoms with Gasteiger partial charge in [-0.2, -0.15) is 0 Å². The van der Waals surface area contributed by atoms with Gasteiger partial charge in [0.25, 0.3) is 11.6 Å². The summed E-state index contributed by atoms with van der Waals surface area (Å²) >= 11 is 0. The third-order valence-electron chi connectivity index (χ3n) is 4.71. The zero-order chi connectivity index (χ0) is 18.2. The highest BCUT2D eigenvalue weighted by Crippen LogP contribution is 2.32. The van der Waals surface area contributed by atoms with Crippen LogP contribution in [0.5, 0.6) is 0 Å². The predicted molar refractivity (Wildman–Crippen MR) is 88.4 cm³/mol. The van der Waals surface area contributed by atoms with E-state index in [0.717, 1.165) is 0 Å². The van der Waals surface area contributed by atoms with E-state index in [1.165, 1.54) is 7.11 Å². The summed E-state index contributed by atoms with van der Waals surface area (Å²) in [6.45, 7) is 4.22. The zero-order valence-electron chi connectivity index (χ0n) is 14.5. The number of pyridine rings is 1. The van der Waals surface area contributed by atoms with E-state index in [-0.39, 0.29) is 19.1 Å². The number of aromatic nitrogens is 2. The molecule has 2 aromatic rings. The number of carboxylic acids is 1. The third kappa shape index (κ3) is 2.97. The van der Waals surface area contributed by atoms with Crippen LogP contribution in [0.3, 0.4) is 0 Å². The third-order valence-corrected chi connectivity index (χ3v) is 4.71. The maximum atomic E-state index is 13.1. The fourth-order valence-corrected chi connectivity index (χ4v) is 3.49. The van der Waals surface area contributed by atoms with Crippen LogP contribution in [0.4, 0.5) is 0 Å². The molecule has 0 aliphatic carbocycles. The van der Waals surface area contributed by atoms with Gasteiger partial charge in [0.1, 0.15) is 5.41 Å². The molecule has 1 unspecified atom stereocenters. The number of hydrogen-bond donors (Lipinski definition) is 1. The van der Waals surface area contributed by atoms with Crippen LogP contribution in [-0.4, -0.2) is 58.8 Å². The van der Waals surface area contributed by atoms with E-state index in [0.29, 0.717) is 47.4 Å². The topological polar surface area (TPSA) is 106 Å². The van der Waals surface area contributed by atoms with Crippen molar-refractivity contribution in [3.05, 3.63) is 23.0 Å². The zero-order valence-corrected chi connectivity index (χ0v) is 14.5. The van der Waals surface area contributed by atoms with Crippen molar-refractivity contribution < 1.29 is 24.0 Å². The Kier molecular flexibility index (Phi) is 4.47. The van der Waals surface area contributed by atoms with Crippen molar-refractivity contribution in [1.29, 1.82) is 0 Å².